The number of amides is 2. The molecule has 2 amide bonds. The fourth-order valence-corrected chi connectivity index (χ4v) is 2.63. The fourth-order valence-electron chi connectivity index (χ4n) is 2.63. The fraction of sp³-hybridized carbons (Fsp3) is 0.227. The van der Waals surface area contributed by atoms with Crippen molar-refractivity contribution in [3.8, 4) is 22.9 Å². The number of nitrogens with zero attached hydrogens (tertiary/aromatic N) is 2. The van der Waals surface area contributed by atoms with E-state index >= 15 is 0 Å². The Labute approximate surface area is 170 Å². The number of anilines is 1. The summed E-state index contributed by atoms with van der Waals surface area (Å²) in [7, 11) is 1.63. The summed E-state index contributed by atoms with van der Waals surface area (Å²) in [5.74, 6) is 1.19. The number of hydrogen-bond acceptors (Lipinski definition) is 5. The lowest BCUT2D eigenvalue weighted by Gasteiger charge is -2.10. The first kappa shape index (κ1) is 20.1. The molecule has 0 radical (unpaired) electrons. The number of hydrogen-bond donors (Lipinski definition) is 2. The third-order valence-corrected chi connectivity index (χ3v) is 4.43. The molecule has 2 N–H and O–H groups in total. The molecule has 1 heterocycles. The first-order chi connectivity index (χ1) is 14.0. The van der Waals surface area contributed by atoms with Crippen LogP contribution in [0.25, 0.3) is 11.3 Å². The molecule has 1 aromatic heterocycles. The number of carbonyl (C=O) groups excluding carboxylic acids is 1. The standard InChI is InChI=1S/C22H24N4O3/c1-15-4-7-18(14-16(15)2)24-22(27)23-12-13-29-21-11-10-20(25-26-21)17-5-8-19(28-3)9-6-17/h4-11,14H,12-13H2,1-3H3,(H2,23,24,27). The second-order valence-corrected chi connectivity index (χ2v) is 6.51. The highest BCUT2D eigenvalue weighted by Crippen LogP contribution is 2.21. The van der Waals surface area contributed by atoms with Gasteiger partial charge in [-0.25, -0.2) is 4.79 Å². The number of aromatic nitrogens is 2. The predicted octanol–water partition coefficient (Wildman–Crippen LogP) is 3.97. The third-order valence-electron chi connectivity index (χ3n) is 4.43. The van der Waals surface area contributed by atoms with Crippen LogP contribution in [0.2, 0.25) is 0 Å². The van der Waals surface area contributed by atoms with Crippen molar-refractivity contribution < 1.29 is 14.3 Å². The molecule has 0 atom stereocenters. The molecule has 3 rings (SSSR count). The zero-order valence-electron chi connectivity index (χ0n) is 16.7. The molecule has 0 aliphatic rings. The van der Waals surface area contributed by atoms with Gasteiger partial charge in [0.1, 0.15) is 12.4 Å². The van der Waals surface area contributed by atoms with Crippen molar-refractivity contribution in [3.05, 3.63) is 65.7 Å². The van der Waals surface area contributed by atoms with Crippen molar-refractivity contribution in [2.75, 3.05) is 25.6 Å². The van der Waals surface area contributed by atoms with Crippen molar-refractivity contribution in [1.82, 2.24) is 15.5 Å². The molecule has 29 heavy (non-hydrogen) atoms. The molecule has 150 valence electrons. The van der Waals surface area contributed by atoms with Crippen molar-refractivity contribution in [2.45, 2.75) is 13.8 Å². The van der Waals surface area contributed by atoms with Crippen LogP contribution >= 0.6 is 0 Å². The van der Waals surface area contributed by atoms with Gasteiger partial charge in [-0.05, 0) is 67.4 Å². The highest BCUT2D eigenvalue weighted by molar-refractivity contribution is 5.89. The Bertz CT molecular complexity index is 957. The predicted molar refractivity (Wildman–Crippen MR) is 112 cm³/mol. The van der Waals surface area contributed by atoms with Crippen LogP contribution in [0.4, 0.5) is 10.5 Å². The van der Waals surface area contributed by atoms with E-state index in [4.69, 9.17) is 9.47 Å². The molecule has 7 nitrogen and oxygen atoms in total. The molecule has 0 aliphatic carbocycles. The summed E-state index contributed by atoms with van der Waals surface area (Å²) in [5, 5.41) is 13.8. The minimum Gasteiger partial charge on any atom is -0.497 e. The molecule has 0 spiro atoms. The molecule has 0 bridgehead atoms. The summed E-state index contributed by atoms with van der Waals surface area (Å²) in [6, 6.07) is 16.7. The van der Waals surface area contributed by atoms with Gasteiger partial charge in [0.05, 0.1) is 19.3 Å². The molecule has 2 aromatic carbocycles. The first-order valence-corrected chi connectivity index (χ1v) is 9.28. The zero-order valence-corrected chi connectivity index (χ0v) is 16.7. The number of nitrogens with one attached hydrogen (secondary N) is 2. The summed E-state index contributed by atoms with van der Waals surface area (Å²) in [4.78, 5) is 12.0. The minimum absolute atomic E-state index is 0.280. The molecule has 0 unspecified atom stereocenters. The minimum atomic E-state index is -0.280. The summed E-state index contributed by atoms with van der Waals surface area (Å²) < 4.78 is 10.7. The van der Waals surface area contributed by atoms with Gasteiger partial charge in [0.2, 0.25) is 5.88 Å². The summed E-state index contributed by atoms with van der Waals surface area (Å²) in [6.07, 6.45) is 0. The van der Waals surface area contributed by atoms with Crippen molar-refractivity contribution in [3.63, 3.8) is 0 Å². The monoisotopic (exact) mass is 392 g/mol. The van der Waals surface area contributed by atoms with Gasteiger partial charge in [-0.2, -0.15) is 0 Å². The van der Waals surface area contributed by atoms with Crippen LogP contribution in [0.3, 0.4) is 0 Å². The van der Waals surface area contributed by atoms with Gasteiger partial charge >= 0.3 is 6.03 Å². The number of carbonyl (C=O) groups is 1. The van der Waals surface area contributed by atoms with Crippen LogP contribution < -0.4 is 20.1 Å². The van der Waals surface area contributed by atoms with E-state index in [1.54, 1.807) is 13.2 Å². The van der Waals surface area contributed by atoms with Crippen molar-refractivity contribution in [1.29, 1.82) is 0 Å². The van der Waals surface area contributed by atoms with E-state index in [1.807, 2.05) is 62.4 Å². The Morgan fingerprint density at radius 3 is 2.41 bits per heavy atom. The van der Waals surface area contributed by atoms with Crippen LogP contribution in [-0.4, -0.2) is 36.5 Å². The summed E-state index contributed by atoms with van der Waals surface area (Å²) in [6.45, 7) is 4.67. The van der Waals surface area contributed by atoms with Crippen LogP contribution in [0.1, 0.15) is 11.1 Å². The van der Waals surface area contributed by atoms with Gasteiger partial charge in [-0.15, -0.1) is 10.2 Å². The molecule has 0 aliphatic heterocycles. The molecule has 0 fully saturated rings. The van der Waals surface area contributed by atoms with Crippen molar-refractivity contribution in [2.24, 2.45) is 0 Å². The Morgan fingerprint density at radius 1 is 0.966 bits per heavy atom. The lowest BCUT2D eigenvalue weighted by molar-refractivity contribution is 0.246. The topological polar surface area (TPSA) is 85.4 Å². The lowest BCUT2D eigenvalue weighted by Crippen LogP contribution is -2.32. The number of ether oxygens (including phenoxy) is 2. The molecule has 7 heteroatoms. The van der Waals surface area contributed by atoms with Crippen molar-refractivity contribution >= 4 is 11.7 Å². The van der Waals surface area contributed by atoms with E-state index in [9.17, 15) is 4.79 Å². The molecular formula is C22H24N4O3. The average Bonchev–Trinajstić information content (AvgIpc) is 2.74. The Balaban J connectivity index is 1.43. The van der Waals surface area contributed by atoms with Crippen LogP contribution in [0.5, 0.6) is 11.6 Å². The Kier molecular flexibility index (Phi) is 6.63. The maximum atomic E-state index is 12.0. The number of benzene rings is 2. The smallest absolute Gasteiger partial charge is 0.319 e. The normalized spacial score (nSPS) is 10.3. The second-order valence-electron chi connectivity index (χ2n) is 6.51. The van der Waals surface area contributed by atoms with Gasteiger partial charge in [-0.1, -0.05) is 6.07 Å². The van der Waals surface area contributed by atoms with Gasteiger partial charge in [0.15, 0.2) is 0 Å². The quantitative estimate of drug-likeness (QED) is 0.594. The van der Waals surface area contributed by atoms with Gasteiger partial charge in [0.25, 0.3) is 0 Å². The van der Waals surface area contributed by atoms with Gasteiger partial charge in [-0.3, -0.25) is 0 Å². The zero-order chi connectivity index (χ0) is 20.6. The first-order valence-electron chi connectivity index (χ1n) is 9.28. The van der Waals surface area contributed by atoms with E-state index in [2.05, 4.69) is 20.8 Å². The van der Waals surface area contributed by atoms with Gasteiger partial charge in [0, 0.05) is 17.3 Å². The Morgan fingerprint density at radius 2 is 1.76 bits per heavy atom. The molecular weight excluding hydrogens is 368 g/mol. The van der Waals surface area contributed by atoms with Gasteiger partial charge < -0.3 is 20.1 Å². The Hall–Kier alpha value is -3.61. The lowest BCUT2D eigenvalue weighted by atomic mass is 10.1. The maximum absolute atomic E-state index is 12.0. The number of rotatable bonds is 7. The van der Waals surface area contributed by atoms with E-state index < -0.39 is 0 Å². The number of urea groups is 1. The number of aryl methyl sites for hydroxylation is 2. The van der Waals surface area contributed by atoms with E-state index in [-0.39, 0.29) is 12.6 Å². The van der Waals surface area contributed by atoms with E-state index in [0.29, 0.717) is 12.4 Å². The number of methoxy groups -OCH3 is 1. The highest BCUT2D eigenvalue weighted by Gasteiger charge is 2.05. The summed E-state index contributed by atoms with van der Waals surface area (Å²) in [5.41, 5.74) is 4.75. The SMILES string of the molecule is COc1ccc(-c2ccc(OCCNC(=O)Nc3ccc(C)c(C)c3)nn2)cc1. The largest absolute Gasteiger partial charge is 0.497 e. The second kappa shape index (κ2) is 9.54. The highest BCUT2D eigenvalue weighted by atomic mass is 16.5. The maximum Gasteiger partial charge on any atom is 0.319 e. The molecule has 0 saturated carbocycles. The average molecular weight is 392 g/mol. The van der Waals surface area contributed by atoms with E-state index in [1.165, 1.54) is 5.56 Å². The third kappa shape index (κ3) is 5.68. The molecule has 3 aromatic rings. The van der Waals surface area contributed by atoms with Crippen LogP contribution in [0, 0.1) is 13.8 Å². The van der Waals surface area contributed by atoms with E-state index in [0.717, 1.165) is 28.3 Å². The van der Waals surface area contributed by atoms with Crippen LogP contribution in [-0.2, 0) is 0 Å². The van der Waals surface area contributed by atoms with Crippen LogP contribution in [0.15, 0.2) is 54.6 Å². The summed E-state index contributed by atoms with van der Waals surface area (Å²) >= 11 is 0. The molecule has 0 saturated heterocycles.